The first-order valence-corrected chi connectivity index (χ1v) is 4.24. The maximum absolute atomic E-state index is 5.28. The Balaban J connectivity index is 1.95. The molecule has 2 fully saturated rings. The van der Waals surface area contributed by atoms with E-state index in [9.17, 15) is 0 Å². The van der Waals surface area contributed by atoms with Crippen LogP contribution < -0.4 is 0 Å². The summed E-state index contributed by atoms with van der Waals surface area (Å²) >= 11 is 0. The zero-order valence-corrected chi connectivity index (χ0v) is 5.18. The van der Waals surface area contributed by atoms with Gasteiger partial charge in [0.15, 0.2) is 0 Å². The molecule has 40 valence electrons. The monoisotopic (exact) mass is 116 g/mol. The molecule has 2 heteroatoms. The van der Waals surface area contributed by atoms with Crippen LogP contribution in [0.4, 0.5) is 0 Å². The highest BCUT2D eigenvalue weighted by molar-refractivity contribution is 7.38. The van der Waals surface area contributed by atoms with Crippen LogP contribution in [0.25, 0.3) is 0 Å². The highest BCUT2D eigenvalue weighted by Crippen LogP contribution is 2.37. The standard InChI is InChI=1S/C5H9OP/c1-2-7-3-5-4(1)6-5/h4-5,7H,1-3H2. The van der Waals surface area contributed by atoms with Gasteiger partial charge in [-0.2, -0.15) is 0 Å². The molecular weight excluding hydrogens is 107 g/mol. The Morgan fingerprint density at radius 1 is 1.43 bits per heavy atom. The van der Waals surface area contributed by atoms with Crippen molar-refractivity contribution < 1.29 is 4.74 Å². The summed E-state index contributed by atoms with van der Waals surface area (Å²) in [5, 5.41) is 0. The fourth-order valence-electron chi connectivity index (χ4n) is 1.10. The predicted octanol–water partition coefficient (Wildman–Crippen LogP) is 0.836. The van der Waals surface area contributed by atoms with E-state index in [0.717, 1.165) is 0 Å². The van der Waals surface area contributed by atoms with Crippen LogP contribution in [0.2, 0.25) is 0 Å². The SMILES string of the molecule is C1CC2OC2CP1. The van der Waals surface area contributed by atoms with Gasteiger partial charge in [0, 0.05) is 0 Å². The highest BCUT2D eigenvalue weighted by atomic mass is 31.1. The first kappa shape index (κ1) is 4.29. The zero-order valence-electron chi connectivity index (χ0n) is 4.18. The second-order valence-corrected chi connectivity index (χ2v) is 3.61. The van der Waals surface area contributed by atoms with E-state index >= 15 is 0 Å². The molecule has 0 amide bonds. The number of hydrogen-bond donors (Lipinski definition) is 0. The molecular formula is C5H9OP. The molecule has 2 heterocycles. The molecule has 0 spiro atoms. The van der Waals surface area contributed by atoms with E-state index in [-0.39, 0.29) is 0 Å². The minimum absolute atomic E-state index is 0.709. The third-order valence-corrected chi connectivity index (χ3v) is 2.97. The minimum Gasteiger partial charge on any atom is -0.369 e. The molecule has 3 atom stereocenters. The predicted molar refractivity (Wildman–Crippen MR) is 31.3 cm³/mol. The van der Waals surface area contributed by atoms with Crippen molar-refractivity contribution in [1.82, 2.24) is 0 Å². The van der Waals surface area contributed by atoms with Gasteiger partial charge in [-0.1, -0.05) is 0 Å². The Morgan fingerprint density at radius 2 is 2.43 bits per heavy atom. The molecule has 2 rings (SSSR count). The number of rotatable bonds is 0. The lowest BCUT2D eigenvalue weighted by molar-refractivity contribution is 0.380. The first-order valence-electron chi connectivity index (χ1n) is 2.83. The molecule has 0 aromatic rings. The Hall–Kier alpha value is 0.390. The Morgan fingerprint density at radius 3 is 3.00 bits per heavy atom. The summed E-state index contributed by atoms with van der Waals surface area (Å²) in [5.74, 6) is 0. The maximum Gasteiger partial charge on any atom is 0.0878 e. The van der Waals surface area contributed by atoms with Crippen LogP contribution in [0.15, 0.2) is 0 Å². The van der Waals surface area contributed by atoms with E-state index in [2.05, 4.69) is 0 Å². The normalized spacial score (nSPS) is 51.4. The summed E-state index contributed by atoms with van der Waals surface area (Å²) in [6.07, 6.45) is 5.57. The largest absolute Gasteiger partial charge is 0.369 e. The maximum atomic E-state index is 5.28. The van der Waals surface area contributed by atoms with Crippen LogP contribution in [0.3, 0.4) is 0 Å². The zero-order chi connectivity index (χ0) is 4.69. The molecule has 0 aromatic carbocycles. The van der Waals surface area contributed by atoms with Crippen LogP contribution in [-0.2, 0) is 4.74 Å². The smallest absolute Gasteiger partial charge is 0.0878 e. The Bertz CT molecular complexity index is 74.1. The van der Waals surface area contributed by atoms with Crippen LogP contribution in [0.5, 0.6) is 0 Å². The van der Waals surface area contributed by atoms with E-state index in [0.29, 0.717) is 12.2 Å². The highest BCUT2D eigenvalue weighted by Gasteiger charge is 2.39. The van der Waals surface area contributed by atoms with Gasteiger partial charge in [0.1, 0.15) is 0 Å². The molecule has 0 bridgehead atoms. The van der Waals surface area contributed by atoms with Crippen molar-refractivity contribution in [3.63, 3.8) is 0 Å². The second-order valence-electron chi connectivity index (χ2n) is 2.21. The third-order valence-electron chi connectivity index (χ3n) is 1.64. The van der Waals surface area contributed by atoms with Gasteiger partial charge in [-0.15, -0.1) is 8.58 Å². The molecule has 7 heavy (non-hydrogen) atoms. The molecule has 1 nitrogen and oxygen atoms in total. The van der Waals surface area contributed by atoms with Crippen molar-refractivity contribution in [3.8, 4) is 0 Å². The van der Waals surface area contributed by atoms with E-state index in [1.807, 2.05) is 0 Å². The molecule has 0 aliphatic carbocycles. The number of fused-ring (bicyclic) bond motifs is 1. The average Bonchev–Trinajstić information content (AvgIpc) is 2.41. The Labute approximate surface area is 45.2 Å². The fraction of sp³-hybridized carbons (Fsp3) is 1.00. The average molecular weight is 116 g/mol. The molecule has 0 aromatic heterocycles. The van der Waals surface area contributed by atoms with Crippen molar-refractivity contribution in [2.45, 2.75) is 18.6 Å². The third kappa shape index (κ3) is 0.687. The summed E-state index contributed by atoms with van der Waals surface area (Å²) in [6.45, 7) is 0. The van der Waals surface area contributed by atoms with Crippen molar-refractivity contribution >= 4 is 8.58 Å². The summed E-state index contributed by atoms with van der Waals surface area (Å²) in [7, 11) is 1.20. The summed E-state index contributed by atoms with van der Waals surface area (Å²) in [6, 6.07) is 0. The first-order chi connectivity index (χ1) is 3.47. The number of ether oxygens (including phenoxy) is 1. The lowest BCUT2D eigenvalue weighted by atomic mass is 10.3. The molecule has 3 unspecified atom stereocenters. The van der Waals surface area contributed by atoms with Crippen molar-refractivity contribution in [2.24, 2.45) is 0 Å². The summed E-state index contributed by atoms with van der Waals surface area (Å²) in [4.78, 5) is 0. The van der Waals surface area contributed by atoms with Gasteiger partial charge in [0.2, 0.25) is 0 Å². The Kier molecular flexibility index (Phi) is 0.876. The molecule has 0 radical (unpaired) electrons. The van der Waals surface area contributed by atoms with Crippen LogP contribution >= 0.6 is 8.58 Å². The lowest BCUT2D eigenvalue weighted by Crippen LogP contribution is -2.03. The van der Waals surface area contributed by atoms with E-state index in [1.54, 1.807) is 0 Å². The van der Waals surface area contributed by atoms with Crippen molar-refractivity contribution in [2.75, 3.05) is 12.3 Å². The molecule has 0 saturated carbocycles. The van der Waals surface area contributed by atoms with E-state index in [4.69, 9.17) is 4.74 Å². The van der Waals surface area contributed by atoms with Gasteiger partial charge in [-0.3, -0.25) is 0 Å². The minimum atomic E-state index is 0.709. The van der Waals surface area contributed by atoms with Crippen molar-refractivity contribution in [3.05, 3.63) is 0 Å². The molecule has 2 aliphatic rings. The van der Waals surface area contributed by atoms with Crippen LogP contribution in [-0.4, -0.2) is 24.5 Å². The lowest BCUT2D eigenvalue weighted by Gasteiger charge is -2.00. The van der Waals surface area contributed by atoms with Crippen molar-refractivity contribution in [1.29, 1.82) is 0 Å². The quantitative estimate of drug-likeness (QED) is 0.337. The molecule has 2 saturated heterocycles. The van der Waals surface area contributed by atoms with Gasteiger partial charge >= 0.3 is 0 Å². The van der Waals surface area contributed by atoms with E-state index < -0.39 is 0 Å². The fourth-order valence-corrected chi connectivity index (χ4v) is 2.44. The van der Waals surface area contributed by atoms with Gasteiger partial charge in [-0.05, 0) is 18.7 Å². The van der Waals surface area contributed by atoms with Gasteiger partial charge in [0.25, 0.3) is 0 Å². The summed E-state index contributed by atoms with van der Waals surface area (Å²) in [5.41, 5.74) is 0. The molecule has 2 aliphatic heterocycles. The topological polar surface area (TPSA) is 12.5 Å². The van der Waals surface area contributed by atoms with Gasteiger partial charge < -0.3 is 4.74 Å². The second kappa shape index (κ2) is 1.43. The number of epoxide rings is 1. The van der Waals surface area contributed by atoms with Crippen LogP contribution in [0.1, 0.15) is 6.42 Å². The van der Waals surface area contributed by atoms with E-state index in [1.165, 1.54) is 27.3 Å². The van der Waals surface area contributed by atoms with Crippen LogP contribution in [0, 0.1) is 0 Å². The summed E-state index contributed by atoms with van der Waals surface area (Å²) < 4.78 is 5.28. The number of hydrogen-bond acceptors (Lipinski definition) is 1. The van der Waals surface area contributed by atoms with Gasteiger partial charge in [-0.25, -0.2) is 0 Å². The van der Waals surface area contributed by atoms with Gasteiger partial charge in [0.05, 0.1) is 12.2 Å². The molecule has 0 N–H and O–H groups in total.